The molecule has 1 aromatic rings. The van der Waals surface area contributed by atoms with E-state index in [0.29, 0.717) is 6.04 Å². The van der Waals surface area contributed by atoms with Crippen molar-refractivity contribution in [3.8, 4) is 0 Å². The fraction of sp³-hybridized carbons (Fsp3) is 0.667. The summed E-state index contributed by atoms with van der Waals surface area (Å²) in [4.78, 5) is 6.88. The minimum Gasteiger partial charge on any atom is -0.356 e. The molecule has 5 heteroatoms. The summed E-state index contributed by atoms with van der Waals surface area (Å²) in [6.45, 7) is 9.59. The zero-order valence-electron chi connectivity index (χ0n) is 13.3. The zero-order valence-corrected chi connectivity index (χ0v) is 15.7. The number of thioether (sulfide) groups is 1. The fourth-order valence-electron chi connectivity index (χ4n) is 1.84. The molecule has 1 rings (SSSR count). The number of hydrogen-bond donors (Lipinski definition) is 1. The third-order valence-electron chi connectivity index (χ3n) is 3.12. The molecule has 1 unspecified atom stereocenters. The molecule has 20 heavy (non-hydrogen) atoms. The lowest BCUT2D eigenvalue weighted by Crippen LogP contribution is -2.37. The number of hydrogen-bond acceptors (Lipinski definition) is 4. The summed E-state index contributed by atoms with van der Waals surface area (Å²) >= 11 is 5.39. The number of nitrogens with zero attached hydrogens (tertiary/aromatic N) is 2. The van der Waals surface area contributed by atoms with E-state index in [1.54, 1.807) is 0 Å². The lowest BCUT2D eigenvalue weighted by Gasteiger charge is -2.29. The van der Waals surface area contributed by atoms with Gasteiger partial charge in [0, 0.05) is 47.2 Å². The molecule has 0 bridgehead atoms. The third kappa shape index (κ3) is 5.62. The van der Waals surface area contributed by atoms with Crippen LogP contribution < -0.4 is 10.2 Å². The first kappa shape index (κ1) is 17.8. The van der Waals surface area contributed by atoms with Crippen molar-refractivity contribution < 1.29 is 0 Å². The van der Waals surface area contributed by atoms with Crippen LogP contribution in [0.5, 0.6) is 0 Å². The van der Waals surface area contributed by atoms with Gasteiger partial charge in [0.2, 0.25) is 0 Å². The maximum absolute atomic E-state index is 4.61. The normalized spacial score (nSPS) is 13.3. The predicted molar refractivity (Wildman–Crippen MR) is 94.8 cm³/mol. The van der Waals surface area contributed by atoms with Crippen LogP contribution in [-0.2, 0) is 6.54 Å². The molecular weight excluding hydrogens is 334 g/mol. The first-order valence-corrected chi connectivity index (χ1v) is 9.04. The number of anilines is 1. The number of aromatic nitrogens is 1. The number of pyridine rings is 1. The Morgan fingerprint density at radius 3 is 2.65 bits per heavy atom. The van der Waals surface area contributed by atoms with Crippen molar-refractivity contribution in [2.45, 2.75) is 45.8 Å². The van der Waals surface area contributed by atoms with Crippen LogP contribution >= 0.6 is 27.7 Å². The van der Waals surface area contributed by atoms with Crippen molar-refractivity contribution >= 4 is 33.5 Å². The lowest BCUT2D eigenvalue weighted by molar-refractivity contribution is 0.424. The summed E-state index contributed by atoms with van der Waals surface area (Å²) in [7, 11) is 2.12. The molecule has 0 aliphatic heterocycles. The van der Waals surface area contributed by atoms with Crippen LogP contribution in [0.3, 0.4) is 0 Å². The average molecular weight is 360 g/mol. The summed E-state index contributed by atoms with van der Waals surface area (Å²) < 4.78 is 1.03. The summed E-state index contributed by atoms with van der Waals surface area (Å²) in [5.41, 5.74) is 1.33. The molecule has 114 valence electrons. The summed E-state index contributed by atoms with van der Waals surface area (Å²) in [6, 6.07) is 2.62. The van der Waals surface area contributed by atoms with E-state index < -0.39 is 0 Å². The molecule has 0 aliphatic carbocycles. The van der Waals surface area contributed by atoms with Crippen LogP contribution in [0.2, 0.25) is 0 Å². The van der Waals surface area contributed by atoms with Crippen LogP contribution in [0.4, 0.5) is 5.82 Å². The van der Waals surface area contributed by atoms with Crippen LogP contribution in [0.15, 0.2) is 16.7 Å². The van der Waals surface area contributed by atoms with E-state index in [2.05, 4.69) is 78.2 Å². The smallest absolute Gasteiger partial charge is 0.133 e. The first-order chi connectivity index (χ1) is 9.24. The Morgan fingerprint density at radius 1 is 1.45 bits per heavy atom. The van der Waals surface area contributed by atoms with Crippen LogP contribution in [0.25, 0.3) is 0 Å². The van der Waals surface area contributed by atoms with Gasteiger partial charge in [0.1, 0.15) is 5.82 Å². The van der Waals surface area contributed by atoms with Crippen molar-refractivity contribution in [1.29, 1.82) is 0 Å². The Hall–Kier alpha value is -0.260. The van der Waals surface area contributed by atoms with Gasteiger partial charge in [0.05, 0.1) is 0 Å². The van der Waals surface area contributed by atoms with Crippen LogP contribution in [-0.4, -0.2) is 35.6 Å². The minimum absolute atomic E-state index is 0.100. The second-order valence-corrected chi connectivity index (χ2v) is 7.98. The molecule has 1 heterocycles. The predicted octanol–water partition coefficient (Wildman–Crippen LogP) is 3.92. The van der Waals surface area contributed by atoms with Gasteiger partial charge in [-0.1, -0.05) is 0 Å². The van der Waals surface area contributed by atoms with E-state index in [4.69, 9.17) is 0 Å². The van der Waals surface area contributed by atoms with E-state index >= 15 is 0 Å². The Kier molecular flexibility index (Phi) is 6.82. The number of nitrogens with one attached hydrogen (secondary N) is 1. The Balaban J connectivity index is 2.94. The number of rotatable bonds is 6. The Labute approximate surface area is 136 Å². The van der Waals surface area contributed by atoms with Crippen LogP contribution in [0.1, 0.15) is 33.3 Å². The third-order valence-corrected chi connectivity index (χ3v) is 4.37. The highest BCUT2D eigenvalue weighted by molar-refractivity contribution is 9.10. The lowest BCUT2D eigenvalue weighted by atomic mass is 10.1. The van der Waals surface area contributed by atoms with Crippen molar-refractivity contribution in [3.63, 3.8) is 0 Å². The zero-order chi connectivity index (χ0) is 15.3. The van der Waals surface area contributed by atoms with E-state index in [0.717, 1.165) is 22.6 Å². The van der Waals surface area contributed by atoms with Gasteiger partial charge in [-0.25, -0.2) is 4.98 Å². The van der Waals surface area contributed by atoms with Gasteiger partial charge in [0.25, 0.3) is 0 Å². The van der Waals surface area contributed by atoms with E-state index in [1.165, 1.54) is 5.56 Å². The van der Waals surface area contributed by atoms with Gasteiger partial charge in [-0.15, -0.1) is 0 Å². The molecule has 0 saturated carbocycles. The van der Waals surface area contributed by atoms with Gasteiger partial charge in [-0.2, -0.15) is 11.8 Å². The maximum Gasteiger partial charge on any atom is 0.133 e. The molecule has 1 aromatic heterocycles. The van der Waals surface area contributed by atoms with E-state index in [-0.39, 0.29) is 5.54 Å². The highest BCUT2D eigenvalue weighted by Gasteiger charge is 2.17. The van der Waals surface area contributed by atoms with E-state index in [1.807, 2.05) is 18.0 Å². The summed E-state index contributed by atoms with van der Waals surface area (Å²) in [6.07, 6.45) is 4.01. The standard InChI is InChI=1S/C15H26BrN3S/c1-11(10-20-6)19(5)14-12(7-13(16)9-17-14)8-18-15(2,3)4/h7,9,11,18H,8,10H2,1-6H3. The second-order valence-electron chi connectivity index (χ2n) is 6.16. The number of halogens is 1. The fourth-order valence-corrected chi connectivity index (χ4v) is 2.93. The van der Waals surface area contributed by atoms with Crippen molar-refractivity contribution in [3.05, 3.63) is 22.3 Å². The monoisotopic (exact) mass is 359 g/mol. The molecule has 3 nitrogen and oxygen atoms in total. The molecule has 0 aliphatic rings. The first-order valence-electron chi connectivity index (χ1n) is 6.86. The quantitative estimate of drug-likeness (QED) is 0.832. The highest BCUT2D eigenvalue weighted by atomic mass is 79.9. The molecule has 1 N–H and O–H groups in total. The van der Waals surface area contributed by atoms with Gasteiger partial charge >= 0.3 is 0 Å². The molecule has 0 aromatic carbocycles. The van der Waals surface area contributed by atoms with Gasteiger partial charge in [0.15, 0.2) is 0 Å². The largest absolute Gasteiger partial charge is 0.356 e. The molecular formula is C15H26BrN3S. The van der Waals surface area contributed by atoms with Gasteiger partial charge in [-0.3, -0.25) is 0 Å². The SMILES string of the molecule is CSCC(C)N(C)c1ncc(Br)cc1CNC(C)(C)C. The average Bonchev–Trinajstić information content (AvgIpc) is 2.35. The molecule has 0 radical (unpaired) electrons. The van der Waals surface area contributed by atoms with Crippen molar-refractivity contribution in [2.24, 2.45) is 0 Å². The minimum atomic E-state index is 0.100. The van der Waals surface area contributed by atoms with Gasteiger partial charge in [-0.05, 0) is 55.9 Å². The Morgan fingerprint density at radius 2 is 2.10 bits per heavy atom. The second kappa shape index (κ2) is 7.66. The van der Waals surface area contributed by atoms with Gasteiger partial charge < -0.3 is 10.2 Å². The van der Waals surface area contributed by atoms with Crippen molar-refractivity contribution in [1.82, 2.24) is 10.3 Å². The molecule has 0 spiro atoms. The topological polar surface area (TPSA) is 28.2 Å². The maximum atomic E-state index is 4.61. The summed E-state index contributed by atoms with van der Waals surface area (Å²) in [5, 5.41) is 3.54. The van der Waals surface area contributed by atoms with Crippen LogP contribution in [0, 0.1) is 0 Å². The van der Waals surface area contributed by atoms with Crippen molar-refractivity contribution in [2.75, 3.05) is 24.0 Å². The Bertz CT molecular complexity index is 432. The summed E-state index contributed by atoms with van der Waals surface area (Å²) in [5.74, 6) is 2.16. The molecule has 1 atom stereocenters. The highest BCUT2D eigenvalue weighted by Crippen LogP contribution is 2.23. The molecule has 0 saturated heterocycles. The van der Waals surface area contributed by atoms with E-state index in [9.17, 15) is 0 Å². The molecule has 0 fully saturated rings. The molecule has 0 amide bonds.